The lowest BCUT2D eigenvalue weighted by atomic mass is 9.71. The van der Waals surface area contributed by atoms with Crippen LogP contribution in [0.5, 0.6) is 0 Å². The highest BCUT2D eigenvalue weighted by molar-refractivity contribution is 5.79. The first-order valence-corrected chi connectivity index (χ1v) is 6.99. The third-order valence-electron chi connectivity index (χ3n) is 4.23. The Hall–Kier alpha value is -1.31. The SMILES string of the molecule is C=C/C(=C\C=C/C)CNC(=O)C(C)C(C)(C)C(C)C. The minimum atomic E-state index is -0.0136. The summed E-state index contributed by atoms with van der Waals surface area (Å²) in [4.78, 5) is 12.2. The summed E-state index contributed by atoms with van der Waals surface area (Å²) in [5, 5.41) is 2.99. The Morgan fingerprint density at radius 2 is 1.89 bits per heavy atom. The van der Waals surface area contributed by atoms with Gasteiger partial charge in [-0.1, -0.05) is 65.5 Å². The van der Waals surface area contributed by atoms with Crippen LogP contribution in [0.2, 0.25) is 0 Å². The van der Waals surface area contributed by atoms with Crippen LogP contribution < -0.4 is 5.32 Å². The summed E-state index contributed by atoms with van der Waals surface area (Å²) in [6.07, 6.45) is 7.64. The maximum Gasteiger partial charge on any atom is 0.223 e. The summed E-state index contributed by atoms with van der Waals surface area (Å²) >= 11 is 0. The molecule has 0 aromatic carbocycles. The topological polar surface area (TPSA) is 29.1 Å². The number of hydrogen-bond donors (Lipinski definition) is 1. The Kier molecular flexibility index (Phi) is 7.43. The van der Waals surface area contributed by atoms with E-state index in [9.17, 15) is 4.79 Å². The summed E-state index contributed by atoms with van der Waals surface area (Å²) in [6.45, 7) is 16.9. The molecule has 2 nitrogen and oxygen atoms in total. The lowest BCUT2D eigenvalue weighted by molar-refractivity contribution is -0.128. The van der Waals surface area contributed by atoms with E-state index in [0.717, 1.165) is 5.57 Å². The van der Waals surface area contributed by atoms with Gasteiger partial charge in [-0.2, -0.15) is 0 Å². The molecule has 2 heteroatoms. The van der Waals surface area contributed by atoms with Crippen LogP contribution in [0.15, 0.2) is 36.5 Å². The molecule has 1 amide bonds. The zero-order valence-electron chi connectivity index (χ0n) is 13.3. The van der Waals surface area contributed by atoms with Gasteiger partial charge in [0.15, 0.2) is 0 Å². The van der Waals surface area contributed by atoms with Crippen molar-refractivity contribution in [2.24, 2.45) is 17.3 Å². The summed E-state index contributed by atoms with van der Waals surface area (Å²) in [5.41, 5.74) is 1.01. The Morgan fingerprint density at radius 1 is 1.32 bits per heavy atom. The number of hydrogen-bond acceptors (Lipinski definition) is 1. The Balaban J connectivity index is 4.59. The summed E-state index contributed by atoms with van der Waals surface area (Å²) in [7, 11) is 0. The van der Waals surface area contributed by atoms with Crippen LogP contribution in [0.1, 0.15) is 41.5 Å². The fraction of sp³-hybridized carbons (Fsp3) is 0.588. The van der Waals surface area contributed by atoms with Gasteiger partial charge in [0.1, 0.15) is 0 Å². The molecule has 0 saturated heterocycles. The van der Waals surface area contributed by atoms with Gasteiger partial charge in [0, 0.05) is 12.5 Å². The van der Waals surface area contributed by atoms with Gasteiger partial charge in [0.25, 0.3) is 0 Å². The molecule has 1 unspecified atom stereocenters. The first-order chi connectivity index (χ1) is 8.77. The molecular weight excluding hydrogens is 234 g/mol. The van der Waals surface area contributed by atoms with Crippen molar-refractivity contribution < 1.29 is 4.79 Å². The predicted molar refractivity (Wildman–Crippen MR) is 83.9 cm³/mol. The van der Waals surface area contributed by atoms with Crippen molar-refractivity contribution in [1.82, 2.24) is 5.32 Å². The highest BCUT2D eigenvalue weighted by atomic mass is 16.1. The molecule has 0 aliphatic rings. The molecule has 0 rings (SSSR count). The van der Waals surface area contributed by atoms with Crippen LogP contribution in [0.25, 0.3) is 0 Å². The van der Waals surface area contributed by atoms with Gasteiger partial charge < -0.3 is 5.32 Å². The van der Waals surface area contributed by atoms with Gasteiger partial charge in [-0.3, -0.25) is 4.79 Å². The third kappa shape index (κ3) is 5.46. The second-order valence-electron chi connectivity index (χ2n) is 5.89. The van der Waals surface area contributed by atoms with Crippen molar-refractivity contribution in [3.8, 4) is 0 Å². The Labute approximate surface area is 118 Å². The molecule has 1 N–H and O–H groups in total. The van der Waals surface area contributed by atoms with Gasteiger partial charge in [0.05, 0.1) is 0 Å². The first kappa shape index (κ1) is 17.7. The molecule has 0 heterocycles. The van der Waals surface area contributed by atoms with Crippen LogP contribution in [0.3, 0.4) is 0 Å². The fourth-order valence-corrected chi connectivity index (χ4v) is 1.60. The second-order valence-corrected chi connectivity index (χ2v) is 5.89. The van der Waals surface area contributed by atoms with Crippen molar-refractivity contribution in [3.05, 3.63) is 36.5 Å². The van der Waals surface area contributed by atoms with Crippen LogP contribution in [-0.4, -0.2) is 12.5 Å². The molecule has 0 aliphatic carbocycles. The van der Waals surface area contributed by atoms with Gasteiger partial charge in [-0.25, -0.2) is 0 Å². The number of nitrogens with one attached hydrogen (secondary N) is 1. The third-order valence-corrected chi connectivity index (χ3v) is 4.23. The van der Waals surface area contributed by atoms with Crippen molar-refractivity contribution >= 4 is 5.91 Å². The molecule has 0 saturated carbocycles. The summed E-state index contributed by atoms with van der Waals surface area (Å²) < 4.78 is 0. The van der Waals surface area contributed by atoms with E-state index in [1.165, 1.54) is 0 Å². The molecule has 0 radical (unpaired) electrons. The van der Waals surface area contributed by atoms with E-state index >= 15 is 0 Å². The van der Waals surface area contributed by atoms with Crippen molar-refractivity contribution in [2.45, 2.75) is 41.5 Å². The molecule has 0 aliphatic heterocycles. The van der Waals surface area contributed by atoms with E-state index < -0.39 is 0 Å². The summed E-state index contributed by atoms with van der Waals surface area (Å²) in [5.74, 6) is 0.554. The number of carbonyl (C=O) groups excluding carboxylic acids is 1. The van der Waals surface area contributed by atoms with Crippen molar-refractivity contribution in [1.29, 1.82) is 0 Å². The van der Waals surface area contributed by atoms with E-state index in [1.54, 1.807) is 6.08 Å². The zero-order valence-corrected chi connectivity index (χ0v) is 13.3. The predicted octanol–water partition coefficient (Wildman–Crippen LogP) is 4.11. The Morgan fingerprint density at radius 3 is 2.32 bits per heavy atom. The molecule has 0 fully saturated rings. The molecule has 0 aromatic rings. The fourth-order valence-electron chi connectivity index (χ4n) is 1.60. The highest BCUT2D eigenvalue weighted by Crippen LogP contribution is 2.34. The molecule has 0 spiro atoms. The Bertz CT molecular complexity index is 361. The number of carbonyl (C=O) groups is 1. The van der Waals surface area contributed by atoms with E-state index in [4.69, 9.17) is 0 Å². The average molecular weight is 263 g/mol. The molecule has 0 bridgehead atoms. The van der Waals surface area contributed by atoms with Gasteiger partial charge in [-0.05, 0) is 23.8 Å². The zero-order chi connectivity index (χ0) is 15.1. The molecule has 19 heavy (non-hydrogen) atoms. The van der Waals surface area contributed by atoms with Gasteiger partial charge in [0.2, 0.25) is 5.91 Å². The smallest absolute Gasteiger partial charge is 0.223 e. The molecule has 1 atom stereocenters. The van der Waals surface area contributed by atoms with Gasteiger partial charge >= 0.3 is 0 Å². The molecular formula is C17H29NO. The van der Waals surface area contributed by atoms with Crippen LogP contribution in [-0.2, 0) is 4.79 Å². The lowest BCUT2D eigenvalue weighted by Crippen LogP contribution is -2.40. The maximum atomic E-state index is 12.2. The maximum absolute atomic E-state index is 12.2. The highest BCUT2D eigenvalue weighted by Gasteiger charge is 2.33. The number of rotatable bonds is 7. The van der Waals surface area contributed by atoms with E-state index in [1.807, 2.05) is 32.1 Å². The van der Waals surface area contributed by atoms with Crippen LogP contribution >= 0.6 is 0 Å². The largest absolute Gasteiger partial charge is 0.352 e. The van der Waals surface area contributed by atoms with Crippen molar-refractivity contribution in [2.75, 3.05) is 6.54 Å². The quantitative estimate of drug-likeness (QED) is 0.688. The number of amides is 1. The lowest BCUT2D eigenvalue weighted by Gasteiger charge is -2.34. The van der Waals surface area contributed by atoms with Crippen LogP contribution in [0.4, 0.5) is 0 Å². The monoisotopic (exact) mass is 263 g/mol. The van der Waals surface area contributed by atoms with Crippen molar-refractivity contribution in [3.63, 3.8) is 0 Å². The summed E-state index contributed by atoms with van der Waals surface area (Å²) in [6, 6.07) is 0. The van der Waals surface area contributed by atoms with Gasteiger partial charge in [-0.15, -0.1) is 0 Å². The second kappa shape index (κ2) is 7.98. The van der Waals surface area contributed by atoms with E-state index in [-0.39, 0.29) is 17.2 Å². The minimum Gasteiger partial charge on any atom is -0.352 e. The average Bonchev–Trinajstić information content (AvgIpc) is 2.37. The molecule has 108 valence electrons. The van der Waals surface area contributed by atoms with Crippen LogP contribution in [0, 0.1) is 17.3 Å². The normalized spacial score (nSPS) is 14.8. The standard InChI is InChI=1S/C17H29NO/c1-8-10-11-15(9-2)12-18-16(19)14(5)17(6,7)13(3)4/h8-11,13-14H,2,12H2,1,3-7H3,(H,18,19)/b10-8-,15-11+. The molecule has 0 aromatic heterocycles. The van der Waals surface area contributed by atoms with E-state index in [0.29, 0.717) is 12.5 Å². The first-order valence-electron chi connectivity index (χ1n) is 6.99. The minimum absolute atomic E-state index is 0.00847. The van der Waals surface area contributed by atoms with E-state index in [2.05, 4.69) is 39.6 Å². The number of allylic oxidation sites excluding steroid dienone is 3.